The Bertz CT molecular complexity index is 1270. The number of carbonyl (C=O) groups excluding carboxylic acids is 1. The van der Waals surface area contributed by atoms with E-state index in [2.05, 4.69) is 5.10 Å². The number of aromatic nitrogens is 4. The highest BCUT2D eigenvalue weighted by atomic mass is 16.2. The predicted octanol–water partition coefficient (Wildman–Crippen LogP) is 3.38. The van der Waals surface area contributed by atoms with Gasteiger partial charge >= 0.3 is 5.69 Å². The largest absolute Gasteiger partial charge is 0.350 e. The van der Waals surface area contributed by atoms with Crippen LogP contribution in [0.1, 0.15) is 34.9 Å². The summed E-state index contributed by atoms with van der Waals surface area (Å²) < 4.78 is 5.06. The smallest absolute Gasteiger partial charge is 0.338 e. The van der Waals surface area contributed by atoms with Crippen molar-refractivity contribution in [2.24, 2.45) is 7.05 Å². The number of nitrogens with zero attached hydrogens (tertiary/aromatic N) is 5. The fourth-order valence-electron chi connectivity index (χ4n) is 4.41. The quantitative estimate of drug-likeness (QED) is 0.502. The van der Waals surface area contributed by atoms with Gasteiger partial charge < -0.3 is 9.47 Å². The number of hydrogen-bond donors (Lipinski definition) is 0. The molecule has 2 aromatic heterocycles. The van der Waals surface area contributed by atoms with Gasteiger partial charge in [-0.2, -0.15) is 5.10 Å². The van der Waals surface area contributed by atoms with E-state index in [4.69, 9.17) is 0 Å². The van der Waals surface area contributed by atoms with E-state index >= 15 is 0 Å². The van der Waals surface area contributed by atoms with Gasteiger partial charge in [-0.1, -0.05) is 18.2 Å². The van der Waals surface area contributed by atoms with Crippen LogP contribution in [0, 0.1) is 0 Å². The van der Waals surface area contributed by atoms with Gasteiger partial charge in [-0.25, -0.2) is 14.0 Å². The Morgan fingerprint density at radius 1 is 0.938 bits per heavy atom. The van der Waals surface area contributed by atoms with E-state index in [1.807, 2.05) is 88.6 Å². The molecule has 3 heterocycles. The Morgan fingerprint density at radius 3 is 2.38 bits per heavy atom. The second kappa shape index (κ2) is 8.34. The summed E-state index contributed by atoms with van der Waals surface area (Å²) >= 11 is 0. The van der Waals surface area contributed by atoms with Crippen LogP contribution < -0.4 is 5.69 Å². The standard InChI is InChI=1S/C25H25N5O2/c1-27-25(32)30(22-9-3-2-4-10-22)23(26-27)20-8-7-17-29(18-20)24(31)19-11-13-21(14-12-19)28-15-5-6-16-28/h2-6,9-16,20H,7-8,17-18H2,1H3. The minimum atomic E-state index is -0.171. The highest BCUT2D eigenvalue weighted by Crippen LogP contribution is 2.27. The molecule has 0 aliphatic carbocycles. The summed E-state index contributed by atoms with van der Waals surface area (Å²) in [6.45, 7) is 1.25. The number of amides is 1. The molecule has 32 heavy (non-hydrogen) atoms. The van der Waals surface area contributed by atoms with E-state index < -0.39 is 0 Å². The minimum Gasteiger partial charge on any atom is -0.338 e. The first-order valence-electron chi connectivity index (χ1n) is 10.9. The van der Waals surface area contributed by atoms with Crippen molar-refractivity contribution in [3.8, 4) is 11.4 Å². The van der Waals surface area contributed by atoms with E-state index in [1.54, 1.807) is 11.6 Å². The molecular weight excluding hydrogens is 402 g/mol. The lowest BCUT2D eigenvalue weighted by molar-refractivity contribution is 0.0704. The summed E-state index contributed by atoms with van der Waals surface area (Å²) in [6.07, 6.45) is 5.72. The number of hydrogen-bond acceptors (Lipinski definition) is 3. The second-order valence-electron chi connectivity index (χ2n) is 8.16. The Morgan fingerprint density at radius 2 is 1.66 bits per heavy atom. The third kappa shape index (κ3) is 3.66. The number of para-hydroxylation sites is 1. The predicted molar refractivity (Wildman–Crippen MR) is 122 cm³/mol. The molecule has 0 spiro atoms. The molecule has 4 aromatic rings. The number of benzene rings is 2. The molecule has 5 rings (SSSR count). The molecule has 1 unspecified atom stereocenters. The lowest BCUT2D eigenvalue weighted by Gasteiger charge is -2.32. The van der Waals surface area contributed by atoms with Gasteiger partial charge in [-0.3, -0.25) is 4.79 Å². The lowest BCUT2D eigenvalue weighted by atomic mass is 9.96. The van der Waals surface area contributed by atoms with E-state index in [9.17, 15) is 9.59 Å². The maximum absolute atomic E-state index is 13.2. The van der Waals surface area contributed by atoms with Gasteiger partial charge in [0.15, 0.2) is 0 Å². The van der Waals surface area contributed by atoms with Crippen LogP contribution >= 0.6 is 0 Å². The van der Waals surface area contributed by atoms with Crippen molar-refractivity contribution < 1.29 is 4.79 Å². The molecule has 2 aromatic carbocycles. The number of carbonyl (C=O) groups is 1. The fourth-order valence-corrected chi connectivity index (χ4v) is 4.41. The number of aryl methyl sites for hydroxylation is 1. The van der Waals surface area contributed by atoms with Crippen LogP contribution in [0.4, 0.5) is 0 Å². The molecule has 1 aliphatic rings. The van der Waals surface area contributed by atoms with Gasteiger partial charge in [-0.05, 0) is 61.4 Å². The SMILES string of the molecule is Cn1nc(C2CCCN(C(=O)c3ccc(-n4cccc4)cc3)C2)n(-c2ccccc2)c1=O. The molecule has 1 amide bonds. The first-order chi connectivity index (χ1) is 15.6. The topological polar surface area (TPSA) is 65.1 Å². The summed E-state index contributed by atoms with van der Waals surface area (Å²) in [5.41, 5.74) is 2.31. The van der Waals surface area contributed by atoms with E-state index in [-0.39, 0.29) is 17.5 Å². The summed E-state index contributed by atoms with van der Waals surface area (Å²) in [7, 11) is 1.67. The van der Waals surface area contributed by atoms with Crippen LogP contribution in [0.3, 0.4) is 0 Å². The third-order valence-corrected chi connectivity index (χ3v) is 6.05. The van der Waals surface area contributed by atoms with Crippen molar-refractivity contribution in [2.75, 3.05) is 13.1 Å². The Balaban J connectivity index is 1.39. The molecule has 0 saturated carbocycles. The maximum Gasteiger partial charge on any atom is 0.350 e. The molecule has 1 aliphatic heterocycles. The Kier molecular flexibility index (Phi) is 5.23. The van der Waals surface area contributed by atoms with Crippen molar-refractivity contribution in [1.82, 2.24) is 23.8 Å². The summed E-state index contributed by atoms with van der Waals surface area (Å²) in [5.74, 6) is 0.725. The summed E-state index contributed by atoms with van der Waals surface area (Å²) in [4.78, 5) is 27.9. The average Bonchev–Trinajstić information content (AvgIpc) is 3.48. The lowest BCUT2D eigenvalue weighted by Crippen LogP contribution is -2.40. The van der Waals surface area contributed by atoms with Crippen LogP contribution in [0.15, 0.2) is 83.9 Å². The first-order valence-corrected chi connectivity index (χ1v) is 10.9. The summed E-state index contributed by atoms with van der Waals surface area (Å²) in [6, 6.07) is 21.2. The highest BCUT2D eigenvalue weighted by molar-refractivity contribution is 5.94. The highest BCUT2D eigenvalue weighted by Gasteiger charge is 2.30. The van der Waals surface area contributed by atoms with Crippen molar-refractivity contribution >= 4 is 5.91 Å². The van der Waals surface area contributed by atoms with Crippen LogP contribution in [-0.2, 0) is 7.05 Å². The van der Waals surface area contributed by atoms with Crippen LogP contribution in [0.2, 0.25) is 0 Å². The van der Waals surface area contributed by atoms with Crippen LogP contribution in [0.25, 0.3) is 11.4 Å². The van der Waals surface area contributed by atoms with Crippen LogP contribution in [-0.4, -0.2) is 42.8 Å². The number of rotatable bonds is 4. The molecule has 0 bridgehead atoms. The molecule has 1 saturated heterocycles. The van der Waals surface area contributed by atoms with E-state index in [1.165, 1.54) is 4.68 Å². The van der Waals surface area contributed by atoms with Gasteiger partial charge in [0.1, 0.15) is 5.82 Å². The van der Waals surface area contributed by atoms with Gasteiger partial charge in [0.25, 0.3) is 5.91 Å². The van der Waals surface area contributed by atoms with Gasteiger partial charge in [0.2, 0.25) is 0 Å². The number of piperidine rings is 1. The molecule has 7 heteroatoms. The van der Waals surface area contributed by atoms with Crippen molar-refractivity contribution in [3.05, 3.63) is 101 Å². The maximum atomic E-state index is 13.2. The van der Waals surface area contributed by atoms with Crippen molar-refractivity contribution in [2.45, 2.75) is 18.8 Å². The molecule has 1 atom stereocenters. The fraction of sp³-hybridized carbons (Fsp3) is 0.240. The molecule has 0 N–H and O–H groups in total. The zero-order valence-corrected chi connectivity index (χ0v) is 18.0. The van der Waals surface area contributed by atoms with Crippen molar-refractivity contribution in [3.63, 3.8) is 0 Å². The normalized spacial score (nSPS) is 16.3. The monoisotopic (exact) mass is 427 g/mol. The Hall–Kier alpha value is -3.87. The molecule has 162 valence electrons. The second-order valence-corrected chi connectivity index (χ2v) is 8.16. The van der Waals surface area contributed by atoms with Gasteiger partial charge in [0, 0.05) is 49.7 Å². The Labute approximate surface area is 186 Å². The van der Waals surface area contributed by atoms with Gasteiger partial charge in [-0.15, -0.1) is 0 Å². The minimum absolute atomic E-state index is 0.000883. The first kappa shape index (κ1) is 20.1. The number of likely N-dealkylation sites (tertiary alicyclic amines) is 1. The molecular formula is C25H25N5O2. The van der Waals surface area contributed by atoms with E-state index in [0.29, 0.717) is 24.5 Å². The molecule has 1 fully saturated rings. The summed E-state index contributed by atoms with van der Waals surface area (Å²) in [5, 5.41) is 4.54. The zero-order chi connectivity index (χ0) is 22.1. The average molecular weight is 428 g/mol. The molecule has 7 nitrogen and oxygen atoms in total. The molecule has 0 radical (unpaired) electrons. The zero-order valence-electron chi connectivity index (χ0n) is 18.0. The van der Waals surface area contributed by atoms with Crippen molar-refractivity contribution in [1.29, 1.82) is 0 Å². The van der Waals surface area contributed by atoms with Crippen LogP contribution in [0.5, 0.6) is 0 Å². The van der Waals surface area contributed by atoms with Gasteiger partial charge in [0.05, 0.1) is 5.69 Å². The third-order valence-electron chi connectivity index (χ3n) is 6.05. The van der Waals surface area contributed by atoms with E-state index in [0.717, 1.165) is 24.2 Å².